The van der Waals surface area contributed by atoms with Gasteiger partial charge in [0.1, 0.15) is 17.4 Å². The third kappa shape index (κ3) is 2.71. The molecule has 0 fully saturated rings. The summed E-state index contributed by atoms with van der Waals surface area (Å²) in [4.78, 5) is 27.8. The topological polar surface area (TPSA) is 118 Å². The van der Waals surface area contributed by atoms with Gasteiger partial charge in [-0.2, -0.15) is 5.26 Å². The highest BCUT2D eigenvalue weighted by Gasteiger charge is 2.37. The third-order valence-electron chi connectivity index (χ3n) is 4.35. The van der Waals surface area contributed by atoms with Crippen LogP contribution in [0.1, 0.15) is 24.0 Å². The minimum atomic E-state index is -0.962. The lowest BCUT2D eigenvalue weighted by atomic mass is 9.83. The Balaban J connectivity index is 2.31. The number of aryl methyl sites for hydroxylation is 1. The molecule has 26 heavy (non-hydrogen) atoms. The molecule has 7 nitrogen and oxygen atoms in total. The molecule has 2 aromatic rings. The average Bonchev–Trinajstić information content (AvgIpc) is 2.60. The number of H-pyrrole nitrogens is 1. The molecule has 0 spiro atoms. The number of hydrogen-bond acceptors (Lipinski definition) is 6. The Morgan fingerprint density at radius 1 is 1.35 bits per heavy atom. The maximum atomic E-state index is 12.7. The maximum absolute atomic E-state index is 12.7. The minimum absolute atomic E-state index is 0.00652. The number of carbonyl (C=O) groups is 1. The van der Waals surface area contributed by atoms with E-state index in [0.717, 1.165) is 10.9 Å². The number of rotatable bonds is 2. The molecule has 1 atom stereocenters. The second-order valence-corrected chi connectivity index (χ2v) is 6.03. The quantitative estimate of drug-likeness (QED) is 0.800. The number of methoxy groups -OCH3 is 1. The second-order valence-electron chi connectivity index (χ2n) is 6.03. The molecule has 1 aromatic carbocycles. The second kappa shape index (κ2) is 6.41. The molecule has 0 saturated carbocycles. The molecule has 7 heteroatoms. The zero-order chi connectivity index (χ0) is 19.0. The van der Waals surface area contributed by atoms with Crippen LogP contribution in [0.25, 0.3) is 10.9 Å². The van der Waals surface area contributed by atoms with Gasteiger partial charge in [-0.15, -0.1) is 0 Å². The molecule has 3 N–H and O–H groups in total. The molecule has 132 valence electrons. The van der Waals surface area contributed by atoms with E-state index in [1.807, 2.05) is 31.2 Å². The molecule has 2 heterocycles. The molecule has 0 bridgehead atoms. The zero-order valence-corrected chi connectivity index (χ0v) is 14.5. The summed E-state index contributed by atoms with van der Waals surface area (Å²) < 4.78 is 10.1. The summed E-state index contributed by atoms with van der Waals surface area (Å²) in [7, 11) is 1.22. The van der Waals surface area contributed by atoms with E-state index in [2.05, 4.69) is 4.98 Å². The first-order valence-corrected chi connectivity index (χ1v) is 7.87. The van der Waals surface area contributed by atoms with Crippen molar-refractivity contribution in [2.75, 3.05) is 7.11 Å². The number of nitrogens with two attached hydrogens (primary N) is 1. The van der Waals surface area contributed by atoms with Gasteiger partial charge in [0.2, 0.25) is 5.88 Å². The van der Waals surface area contributed by atoms with Crippen molar-refractivity contribution in [2.45, 2.75) is 19.8 Å². The first-order chi connectivity index (χ1) is 12.4. The van der Waals surface area contributed by atoms with Crippen LogP contribution in [0.3, 0.4) is 0 Å². The average molecular weight is 351 g/mol. The molecule has 0 aliphatic carbocycles. The SMILES string of the molecule is COC(=O)C1=C(C)OC(N)=C(C#N)[C@@H]1c1cc2ccc(C)cc2[nH]c1=O. The number of fused-ring (bicyclic) bond motifs is 1. The number of esters is 1. The van der Waals surface area contributed by atoms with Gasteiger partial charge >= 0.3 is 5.97 Å². The number of nitrogens with zero attached hydrogens (tertiary/aromatic N) is 1. The summed E-state index contributed by atoms with van der Waals surface area (Å²) in [6.07, 6.45) is 0. The standard InChI is InChI=1S/C19H17N3O4/c1-9-4-5-11-7-12(18(23)22-14(11)6-9)16-13(8-20)17(21)26-10(2)15(16)19(24)25-3/h4-7,16H,21H2,1-3H3,(H,22,23)/t16-/m0/s1. The Hall–Kier alpha value is -3.53. The van der Waals surface area contributed by atoms with Gasteiger partial charge in [0, 0.05) is 11.1 Å². The van der Waals surface area contributed by atoms with Crippen LogP contribution in [0.4, 0.5) is 0 Å². The summed E-state index contributed by atoms with van der Waals surface area (Å²) in [5.41, 5.74) is 7.38. The Kier molecular flexibility index (Phi) is 4.26. The predicted octanol–water partition coefficient (Wildman–Crippen LogP) is 2.09. The molecule has 0 radical (unpaired) electrons. The number of allylic oxidation sites excluding steroid dienone is 2. The molecular formula is C19H17N3O4. The number of nitriles is 1. The predicted molar refractivity (Wildman–Crippen MR) is 94.7 cm³/mol. The van der Waals surface area contributed by atoms with Gasteiger partial charge in [-0.1, -0.05) is 12.1 Å². The molecule has 0 amide bonds. The van der Waals surface area contributed by atoms with Gasteiger partial charge in [0.25, 0.3) is 5.56 Å². The van der Waals surface area contributed by atoms with Crippen LogP contribution >= 0.6 is 0 Å². The maximum Gasteiger partial charge on any atom is 0.338 e. The fourth-order valence-electron chi connectivity index (χ4n) is 3.11. The van der Waals surface area contributed by atoms with E-state index in [-0.39, 0.29) is 28.4 Å². The van der Waals surface area contributed by atoms with Crippen LogP contribution in [0.2, 0.25) is 0 Å². The summed E-state index contributed by atoms with van der Waals surface area (Å²) >= 11 is 0. The molecule has 1 aliphatic rings. The van der Waals surface area contributed by atoms with Crippen LogP contribution in [0.5, 0.6) is 0 Å². The number of aromatic amines is 1. The van der Waals surface area contributed by atoms with E-state index >= 15 is 0 Å². The van der Waals surface area contributed by atoms with E-state index in [4.69, 9.17) is 15.2 Å². The molecule has 1 aliphatic heterocycles. The van der Waals surface area contributed by atoms with Crippen LogP contribution in [0.15, 0.2) is 51.8 Å². The minimum Gasteiger partial charge on any atom is -0.466 e. The van der Waals surface area contributed by atoms with Crippen molar-refractivity contribution in [1.82, 2.24) is 4.98 Å². The Morgan fingerprint density at radius 2 is 2.08 bits per heavy atom. The highest BCUT2D eigenvalue weighted by Crippen LogP contribution is 2.38. The molecule has 0 saturated heterocycles. The fraction of sp³-hybridized carbons (Fsp3) is 0.211. The Labute approximate surface area is 149 Å². The normalized spacial score (nSPS) is 17.1. The summed E-state index contributed by atoms with van der Waals surface area (Å²) in [6.45, 7) is 3.46. The van der Waals surface area contributed by atoms with Crippen LogP contribution in [-0.4, -0.2) is 18.1 Å². The summed E-state index contributed by atoms with van der Waals surface area (Å²) in [5.74, 6) is -1.58. The van der Waals surface area contributed by atoms with Crippen LogP contribution in [0, 0.1) is 18.3 Å². The van der Waals surface area contributed by atoms with Crippen molar-refractivity contribution in [1.29, 1.82) is 5.26 Å². The molecule has 0 unspecified atom stereocenters. The molecule has 1 aromatic heterocycles. The van der Waals surface area contributed by atoms with Crippen LogP contribution in [-0.2, 0) is 14.3 Å². The number of carbonyl (C=O) groups excluding carboxylic acids is 1. The monoisotopic (exact) mass is 351 g/mol. The van der Waals surface area contributed by atoms with E-state index in [1.165, 1.54) is 7.11 Å². The lowest BCUT2D eigenvalue weighted by Gasteiger charge is -2.26. The fourth-order valence-corrected chi connectivity index (χ4v) is 3.11. The first kappa shape index (κ1) is 17.3. The van der Waals surface area contributed by atoms with Crippen LogP contribution < -0.4 is 11.3 Å². The van der Waals surface area contributed by atoms with E-state index in [0.29, 0.717) is 5.52 Å². The van der Waals surface area contributed by atoms with Crippen molar-refractivity contribution in [3.8, 4) is 6.07 Å². The molecule has 3 rings (SSSR count). The highest BCUT2D eigenvalue weighted by atomic mass is 16.5. The van der Waals surface area contributed by atoms with Crippen molar-refractivity contribution in [3.63, 3.8) is 0 Å². The number of ether oxygens (including phenoxy) is 2. The Morgan fingerprint density at radius 3 is 2.73 bits per heavy atom. The van der Waals surface area contributed by atoms with Gasteiger partial charge in [-0.05, 0) is 36.9 Å². The van der Waals surface area contributed by atoms with Gasteiger partial charge in [-0.25, -0.2) is 4.79 Å². The van der Waals surface area contributed by atoms with E-state index in [1.54, 1.807) is 13.0 Å². The van der Waals surface area contributed by atoms with Crippen molar-refractivity contribution in [2.24, 2.45) is 5.73 Å². The smallest absolute Gasteiger partial charge is 0.338 e. The van der Waals surface area contributed by atoms with Crippen molar-refractivity contribution >= 4 is 16.9 Å². The number of nitrogens with one attached hydrogen (secondary N) is 1. The summed E-state index contributed by atoms with van der Waals surface area (Å²) in [6, 6.07) is 9.22. The van der Waals surface area contributed by atoms with Gasteiger partial charge in [0.15, 0.2) is 0 Å². The third-order valence-corrected chi connectivity index (χ3v) is 4.35. The van der Waals surface area contributed by atoms with Crippen molar-refractivity contribution in [3.05, 3.63) is 68.5 Å². The largest absolute Gasteiger partial charge is 0.466 e. The number of hydrogen-bond donors (Lipinski definition) is 2. The lowest BCUT2D eigenvalue weighted by Crippen LogP contribution is -2.28. The first-order valence-electron chi connectivity index (χ1n) is 7.87. The lowest BCUT2D eigenvalue weighted by molar-refractivity contribution is -0.136. The highest BCUT2D eigenvalue weighted by molar-refractivity contribution is 5.93. The van der Waals surface area contributed by atoms with E-state index < -0.39 is 17.4 Å². The van der Waals surface area contributed by atoms with Gasteiger partial charge < -0.3 is 20.2 Å². The van der Waals surface area contributed by atoms with Gasteiger partial charge in [0.05, 0.1) is 18.6 Å². The number of aromatic nitrogens is 1. The summed E-state index contributed by atoms with van der Waals surface area (Å²) in [5, 5.41) is 10.3. The number of pyridine rings is 1. The Bertz CT molecular complexity index is 1090. The number of benzene rings is 1. The van der Waals surface area contributed by atoms with E-state index in [9.17, 15) is 14.9 Å². The van der Waals surface area contributed by atoms with Crippen molar-refractivity contribution < 1.29 is 14.3 Å². The zero-order valence-electron chi connectivity index (χ0n) is 14.5. The van der Waals surface area contributed by atoms with Gasteiger partial charge in [-0.3, -0.25) is 4.79 Å². The molecular weight excluding hydrogens is 334 g/mol.